The molecule has 0 amide bonds. The summed E-state index contributed by atoms with van der Waals surface area (Å²) in [4.78, 5) is 11.0. The molecule has 1 fully saturated rings. The number of hydrogen-bond donors (Lipinski definition) is 1. The van der Waals surface area contributed by atoms with E-state index >= 15 is 0 Å². The van der Waals surface area contributed by atoms with Crippen molar-refractivity contribution in [1.82, 2.24) is 15.1 Å². The van der Waals surface area contributed by atoms with Gasteiger partial charge in [0.1, 0.15) is 5.82 Å². The SMILES string of the molecule is COCc1cc(-c2nc(-c3ccc(N)nc3)no2)ccc1N1CCC[C@H]1C. The molecule has 7 nitrogen and oxygen atoms in total. The summed E-state index contributed by atoms with van der Waals surface area (Å²) in [5, 5.41) is 4.07. The Labute approximate surface area is 158 Å². The highest BCUT2D eigenvalue weighted by Crippen LogP contribution is 2.32. The summed E-state index contributed by atoms with van der Waals surface area (Å²) in [5.74, 6) is 1.42. The molecule has 1 aliphatic rings. The molecule has 0 saturated carbocycles. The van der Waals surface area contributed by atoms with Gasteiger partial charge in [-0.2, -0.15) is 4.98 Å². The van der Waals surface area contributed by atoms with Crippen LogP contribution in [0.4, 0.5) is 11.5 Å². The zero-order valence-corrected chi connectivity index (χ0v) is 15.6. The Bertz CT molecular complexity index is 922. The van der Waals surface area contributed by atoms with Crippen molar-refractivity contribution in [3.8, 4) is 22.8 Å². The van der Waals surface area contributed by atoms with Gasteiger partial charge >= 0.3 is 0 Å². The fourth-order valence-electron chi connectivity index (χ4n) is 3.56. The van der Waals surface area contributed by atoms with Gasteiger partial charge in [0.25, 0.3) is 5.89 Å². The third-order valence-corrected chi connectivity index (χ3v) is 4.96. The quantitative estimate of drug-likeness (QED) is 0.740. The Kier molecular flexibility index (Phi) is 4.77. The first-order valence-corrected chi connectivity index (χ1v) is 9.10. The Hall–Kier alpha value is -2.93. The maximum atomic E-state index is 5.63. The largest absolute Gasteiger partial charge is 0.384 e. The van der Waals surface area contributed by atoms with E-state index in [1.807, 2.05) is 12.1 Å². The zero-order chi connectivity index (χ0) is 18.8. The highest BCUT2D eigenvalue weighted by atomic mass is 16.5. The number of anilines is 2. The summed E-state index contributed by atoms with van der Waals surface area (Å²) >= 11 is 0. The van der Waals surface area contributed by atoms with E-state index < -0.39 is 0 Å². The molecule has 2 N–H and O–H groups in total. The summed E-state index contributed by atoms with van der Waals surface area (Å²) in [6.45, 7) is 3.88. The number of methoxy groups -OCH3 is 1. The van der Waals surface area contributed by atoms with Crippen LogP contribution in [0.2, 0.25) is 0 Å². The molecule has 7 heteroatoms. The number of benzene rings is 1. The molecule has 2 aromatic heterocycles. The van der Waals surface area contributed by atoms with Gasteiger partial charge in [-0.25, -0.2) is 4.98 Å². The van der Waals surface area contributed by atoms with Crippen molar-refractivity contribution < 1.29 is 9.26 Å². The van der Waals surface area contributed by atoms with Crippen LogP contribution in [0.25, 0.3) is 22.8 Å². The van der Waals surface area contributed by atoms with Crippen LogP contribution in [-0.4, -0.2) is 34.8 Å². The zero-order valence-electron chi connectivity index (χ0n) is 15.6. The van der Waals surface area contributed by atoms with E-state index in [0.29, 0.717) is 30.2 Å². The molecule has 3 heterocycles. The number of rotatable bonds is 5. The van der Waals surface area contributed by atoms with Crippen LogP contribution in [0.15, 0.2) is 41.1 Å². The molecule has 0 unspecified atom stereocenters. The number of nitrogens with zero attached hydrogens (tertiary/aromatic N) is 4. The van der Waals surface area contributed by atoms with Crippen LogP contribution >= 0.6 is 0 Å². The summed E-state index contributed by atoms with van der Waals surface area (Å²) in [5.41, 5.74) is 9.61. The van der Waals surface area contributed by atoms with Gasteiger partial charge in [0.05, 0.1) is 6.61 Å². The van der Waals surface area contributed by atoms with Gasteiger partial charge in [-0.15, -0.1) is 0 Å². The molecule has 1 aliphatic heterocycles. The molecule has 0 aliphatic carbocycles. The number of nitrogen functional groups attached to an aromatic ring is 1. The minimum atomic E-state index is 0.457. The Morgan fingerprint density at radius 2 is 2.11 bits per heavy atom. The molecule has 0 bridgehead atoms. The molecule has 27 heavy (non-hydrogen) atoms. The van der Waals surface area contributed by atoms with E-state index in [1.165, 1.54) is 18.5 Å². The topological polar surface area (TPSA) is 90.3 Å². The van der Waals surface area contributed by atoms with Crippen LogP contribution < -0.4 is 10.6 Å². The van der Waals surface area contributed by atoms with Crippen molar-refractivity contribution in [1.29, 1.82) is 0 Å². The second-order valence-corrected chi connectivity index (χ2v) is 6.86. The maximum absolute atomic E-state index is 5.63. The lowest BCUT2D eigenvalue weighted by Gasteiger charge is -2.26. The van der Waals surface area contributed by atoms with Crippen molar-refractivity contribution in [2.24, 2.45) is 0 Å². The second-order valence-electron chi connectivity index (χ2n) is 6.86. The van der Waals surface area contributed by atoms with Crippen LogP contribution in [0.5, 0.6) is 0 Å². The van der Waals surface area contributed by atoms with Crippen LogP contribution in [0, 0.1) is 0 Å². The average molecular weight is 365 g/mol. The minimum absolute atomic E-state index is 0.457. The van der Waals surface area contributed by atoms with E-state index in [0.717, 1.165) is 23.2 Å². The van der Waals surface area contributed by atoms with Crippen molar-refractivity contribution in [3.05, 3.63) is 42.1 Å². The lowest BCUT2D eigenvalue weighted by molar-refractivity contribution is 0.185. The molecule has 140 valence electrons. The molecule has 0 radical (unpaired) electrons. The van der Waals surface area contributed by atoms with E-state index in [-0.39, 0.29) is 0 Å². The van der Waals surface area contributed by atoms with Crippen molar-refractivity contribution in [2.45, 2.75) is 32.4 Å². The fraction of sp³-hybridized carbons (Fsp3) is 0.350. The van der Waals surface area contributed by atoms with Gasteiger partial charge in [-0.1, -0.05) is 5.16 Å². The predicted octanol–water partition coefficient (Wildman–Crippen LogP) is 3.52. The maximum Gasteiger partial charge on any atom is 0.258 e. The summed E-state index contributed by atoms with van der Waals surface area (Å²) < 4.78 is 10.9. The fourth-order valence-corrected chi connectivity index (χ4v) is 3.56. The molecule has 3 aromatic rings. The minimum Gasteiger partial charge on any atom is -0.384 e. The van der Waals surface area contributed by atoms with Crippen molar-refractivity contribution in [3.63, 3.8) is 0 Å². The van der Waals surface area contributed by atoms with Gasteiger partial charge in [-0.05, 0) is 50.1 Å². The standard InChI is InChI=1S/C20H23N5O2/c1-13-4-3-9-25(13)17-7-5-14(10-16(17)12-26-2)20-23-19(24-27-20)15-6-8-18(21)22-11-15/h5-8,10-11,13H,3-4,9,12H2,1-2H3,(H2,21,22)/t13-/m1/s1. The van der Waals surface area contributed by atoms with E-state index in [2.05, 4.69) is 39.1 Å². The van der Waals surface area contributed by atoms with Gasteiger partial charge in [0.2, 0.25) is 5.82 Å². The summed E-state index contributed by atoms with van der Waals surface area (Å²) in [6.07, 6.45) is 4.08. The van der Waals surface area contributed by atoms with E-state index in [9.17, 15) is 0 Å². The molecule has 4 rings (SSSR count). The molecule has 1 aromatic carbocycles. The summed E-state index contributed by atoms with van der Waals surface area (Å²) in [6, 6.07) is 10.3. The first kappa shape index (κ1) is 17.5. The van der Waals surface area contributed by atoms with Crippen LogP contribution in [-0.2, 0) is 11.3 Å². The van der Waals surface area contributed by atoms with Gasteiger partial charge in [0, 0.05) is 48.3 Å². The molecule has 1 saturated heterocycles. The van der Waals surface area contributed by atoms with Crippen molar-refractivity contribution >= 4 is 11.5 Å². The predicted molar refractivity (Wildman–Crippen MR) is 104 cm³/mol. The van der Waals surface area contributed by atoms with Gasteiger partial charge in [-0.3, -0.25) is 0 Å². The first-order chi connectivity index (χ1) is 13.2. The third-order valence-electron chi connectivity index (χ3n) is 4.96. The highest BCUT2D eigenvalue weighted by molar-refractivity contribution is 5.66. The third kappa shape index (κ3) is 3.50. The smallest absolute Gasteiger partial charge is 0.258 e. The lowest BCUT2D eigenvalue weighted by Crippen LogP contribution is -2.27. The number of nitrogens with two attached hydrogens (primary N) is 1. The Balaban J connectivity index is 1.66. The molecular formula is C20H23N5O2. The van der Waals surface area contributed by atoms with Gasteiger partial charge in [0.15, 0.2) is 0 Å². The monoisotopic (exact) mass is 365 g/mol. The summed E-state index contributed by atoms with van der Waals surface area (Å²) in [7, 11) is 1.71. The number of aromatic nitrogens is 3. The van der Waals surface area contributed by atoms with Gasteiger partial charge < -0.3 is 19.9 Å². The van der Waals surface area contributed by atoms with Crippen LogP contribution in [0.3, 0.4) is 0 Å². The number of ether oxygens (including phenoxy) is 1. The molecule has 1 atom stereocenters. The first-order valence-electron chi connectivity index (χ1n) is 9.10. The van der Waals surface area contributed by atoms with Crippen LogP contribution in [0.1, 0.15) is 25.3 Å². The second kappa shape index (κ2) is 7.36. The Morgan fingerprint density at radius 1 is 1.26 bits per heavy atom. The Morgan fingerprint density at radius 3 is 2.81 bits per heavy atom. The van der Waals surface area contributed by atoms with E-state index in [1.54, 1.807) is 19.4 Å². The number of hydrogen-bond acceptors (Lipinski definition) is 7. The molecule has 0 spiro atoms. The van der Waals surface area contributed by atoms with Crippen molar-refractivity contribution in [2.75, 3.05) is 24.3 Å². The molecular weight excluding hydrogens is 342 g/mol. The normalized spacial score (nSPS) is 16.8. The number of pyridine rings is 1. The highest BCUT2D eigenvalue weighted by Gasteiger charge is 2.23. The lowest BCUT2D eigenvalue weighted by atomic mass is 10.1. The average Bonchev–Trinajstić information content (AvgIpc) is 3.32. The van der Waals surface area contributed by atoms with E-state index in [4.69, 9.17) is 15.0 Å².